The lowest BCUT2D eigenvalue weighted by atomic mass is 10.1. The Hall–Kier alpha value is -2.93. The minimum absolute atomic E-state index is 0.0654. The van der Waals surface area contributed by atoms with Crippen LogP contribution in [0.5, 0.6) is 0 Å². The van der Waals surface area contributed by atoms with Crippen LogP contribution in [0.1, 0.15) is 22.3 Å². The average molecular weight is 352 g/mol. The molecule has 134 valence electrons. The highest BCUT2D eigenvalue weighted by atomic mass is 16.3. The Morgan fingerprint density at radius 3 is 2.85 bits per heavy atom. The van der Waals surface area contributed by atoms with Gasteiger partial charge in [0, 0.05) is 19.3 Å². The summed E-state index contributed by atoms with van der Waals surface area (Å²) in [5.41, 5.74) is 2.04. The summed E-state index contributed by atoms with van der Waals surface area (Å²) in [7, 11) is 0. The summed E-state index contributed by atoms with van der Waals surface area (Å²) in [5.74, 6) is 0.359. The molecule has 7 nitrogen and oxygen atoms in total. The highest BCUT2D eigenvalue weighted by Crippen LogP contribution is 2.30. The third-order valence-corrected chi connectivity index (χ3v) is 4.75. The minimum Gasteiger partial charge on any atom is -0.391 e. The number of carbonyl (C=O) groups is 2. The molecule has 1 atom stereocenters. The van der Waals surface area contributed by atoms with E-state index in [1.807, 2.05) is 30.3 Å². The molecule has 2 aliphatic heterocycles. The Bertz CT molecular complexity index is 840. The molecule has 1 aromatic heterocycles. The molecule has 1 saturated heterocycles. The van der Waals surface area contributed by atoms with Crippen LogP contribution in [0.4, 0.5) is 11.5 Å². The molecule has 4 rings (SSSR count). The lowest BCUT2D eigenvalue weighted by Crippen LogP contribution is -2.40. The van der Waals surface area contributed by atoms with Gasteiger partial charge < -0.3 is 20.2 Å². The standard InChI is InChI=1S/C19H20N4O3/c24-15-6-7-22(12-15)19(26)14-8-16-18(20-9-14)21-10-17(25)23(16)11-13-4-2-1-3-5-13/h1-5,8-9,15,24H,6-7,10-12H2,(H,20,21). The molecule has 0 bridgehead atoms. The maximum absolute atomic E-state index is 12.7. The molecule has 1 fully saturated rings. The summed E-state index contributed by atoms with van der Waals surface area (Å²) < 4.78 is 0. The van der Waals surface area contributed by atoms with Gasteiger partial charge in [-0.15, -0.1) is 0 Å². The number of fused-ring (bicyclic) bond motifs is 1. The zero-order valence-electron chi connectivity index (χ0n) is 14.3. The summed E-state index contributed by atoms with van der Waals surface area (Å²) >= 11 is 0. The van der Waals surface area contributed by atoms with Crippen LogP contribution in [-0.2, 0) is 11.3 Å². The van der Waals surface area contributed by atoms with Crippen molar-refractivity contribution in [2.75, 3.05) is 29.9 Å². The fraction of sp³-hybridized carbons (Fsp3) is 0.316. The van der Waals surface area contributed by atoms with Crippen molar-refractivity contribution >= 4 is 23.3 Å². The molecule has 2 N–H and O–H groups in total. The molecule has 26 heavy (non-hydrogen) atoms. The number of rotatable bonds is 3. The van der Waals surface area contributed by atoms with Gasteiger partial charge in [0.15, 0.2) is 5.82 Å². The molecule has 1 unspecified atom stereocenters. The van der Waals surface area contributed by atoms with Gasteiger partial charge in [-0.3, -0.25) is 9.59 Å². The van der Waals surface area contributed by atoms with E-state index in [0.717, 1.165) is 5.56 Å². The summed E-state index contributed by atoms with van der Waals surface area (Å²) in [6, 6.07) is 11.4. The second-order valence-electron chi connectivity index (χ2n) is 6.60. The lowest BCUT2D eigenvalue weighted by Gasteiger charge is -2.30. The van der Waals surface area contributed by atoms with Crippen molar-refractivity contribution in [3.63, 3.8) is 0 Å². The quantitative estimate of drug-likeness (QED) is 0.868. The zero-order valence-corrected chi connectivity index (χ0v) is 14.3. The van der Waals surface area contributed by atoms with Gasteiger partial charge in [-0.2, -0.15) is 0 Å². The van der Waals surface area contributed by atoms with Crippen LogP contribution in [0.15, 0.2) is 42.6 Å². The molecular weight excluding hydrogens is 332 g/mol. The molecule has 2 aromatic rings. The van der Waals surface area contributed by atoms with Crippen LogP contribution in [-0.4, -0.2) is 52.5 Å². The van der Waals surface area contributed by atoms with Crippen molar-refractivity contribution in [1.29, 1.82) is 0 Å². The van der Waals surface area contributed by atoms with Gasteiger partial charge in [0.25, 0.3) is 5.91 Å². The predicted molar refractivity (Wildman–Crippen MR) is 96.9 cm³/mol. The maximum Gasteiger partial charge on any atom is 0.255 e. The number of nitrogens with zero attached hydrogens (tertiary/aromatic N) is 3. The SMILES string of the molecule is O=C(c1cnc2c(c1)N(Cc1ccccc1)C(=O)CN2)N1CCC(O)C1. The largest absolute Gasteiger partial charge is 0.391 e. The maximum atomic E-state index is 12.7. The van der Waals surface area contributed by atoms with E-state index in [4.69, 9.17) is 0 Å². The smallest absolute Gasteiger partial charge is 0.255 e. The Morgan fingerprint density at radius 2 is 2.12 bits per heavy atom. The summed E-state index contributed by atoms with van der Waals surface area (Å²) in [6.07, 6.45) is 1.64. The Morgan fingerprint density at radius 1 is 1.31 bits per heavy atom. The number of β-amino-alcohol motifs (C(OH)–C–C–N with tert-alkyl or cyclic N) is 1. The molecule has 2 amide bonds. The third kappa shape index (κ3) is 3.13. The number of carbonyl (C=O) groups excluding carboxylic acids is 2. The highest BCUT2D eigenvalue weighted by molar-refractivity contribution is 6.04. The average Bonchev–Trinajstić information content (AvgIpc) is 3.10. The number of nitrogens with one attached hydrogen (secondary N) is 1. The van der Waals surface area contributed by atoms with Gasteiger partial charge in [0.1, 0.15) is 0 Å². The molecule has 3 heterocycles. The number of anilines is 2. The first-order chi connectivity index (χ1) is 12.6. The van der Waals surface area contributed by atoms with Crippen molar-refractivity contribution in [1.82, 2.24) is 9.88 Å². The molecule has 0 aliphatic carbocycles. The number of pyridine rings is 1. The highest BCUT2D eigenvalue weighted by Gasteiger charge is 2.29. The number of benzene rings is 1. The van der Waals surface area contributed by atoms with E-state index in [0.29, 0.717) is 43.1 Å². The van der Waals surface area contributed by atoms with Gasteiger partial charge >= 0.3 is 0 Å². The molecular formula is C19H20N4O3. The second-order valence-corrected chi connectivity index (χ2v) is 6.60. The fourth-order valence-corrected chi connectivity index (χ4v) is 3.35. The molecule has 2 aliphatic rings. The summed E-state index contributed by atoms with van der Waals surface area (Å²) in [6.45, 7) is 1.47. The first-order valence-corrected chi connectivity index (χ1v) is 8.67. The normalized spacial score (nSPS) is 19.3. The Labute approximate surface area is 151 Å². The van der Waals surface area contributed by atoms with E-state index in [2.05, 4.69) is 10.3 Å². The number of likely N-dealkylation sites (tertiary alicyclic amines) is 1. The van der Waals surface area contributed by atoms with Crippen molar-refractivity contribution in [3.8, 4) is 0 Å². The second kappa shape index (κ2) is 6.76. The van der Waals surface area contributed by atoms with Crippen molar-refractivity contribution in [3.05, 3.63) is 53.7 Å². The minimum atomic E-state index is -0.470. The number of aliphatic hydroxyl groups excluding tert-OH is 1. The van der Waals surface area contributed by atoms with Crippen LogP contribution in [0, 0.1) is 0 Å². The van der Waals surface area contributed by atoms with Crippen LogP contribution < -0.4 is 10.2 Å². The first kappa shape index (κ1) is 16.5. The van der Waals surface area contributed by atoms with Gasteiger partial charge in [-0.1, -0.05) is 30.3 Å². The number of hydrogen-bond donors (Lipinski definition) is 2. The van der Waals surface area contributed by atoms with Crippen molar-refractivity contribution < 1.29 is 14.7 Å². The Balaban J connectivity index is 1.64. The van der Waals surface area contributed by atoms with Crippen LogP contribution in [0.25, 0.3) is 0 Å². The fourth-order valence-electron chi connectivity index (χ4n) is 3.35. The zero-order chi connectivity index (χ0) is 18.1. The lowest BCUT2D eigenvalue weighted by molar-refractivity contribution is -0.117. The first-order valence-electron chi connectivity index (χ1n) is 8.67. The monoisotopic (exact) mass is 352 g/mol. The van der Waals surface area contributed by atoms with E-state index < -0.39 is 6.10 Å². The van der Waals surface area contributed by atoms with Crippen LogP contribution >= 0.6 is 0 Å². The van der Waals surface area contributed by atoms with Gasteiger partial charge in [0.2, 0.25) is 5.91 Å². The van der Waals surface area contributed by atoms with E-state index in [1.165, 1.54) is 6.20 Å². The topological polar surface area (TPSA) is 85.8 Å². The molecule has 0 spiro atoms. The van der Waals surface area contributed by atoms with E-state index in [1.54, 1.807) is 15.9 Å². The number of aliphatic hydroxyl groups is 1. The van der Waals surface area contributed by atoms with Gasteiger partial charge in [-0.05, 0) is 18.1 Å². The van der Waals surface area contributed by atoms with Crippen molar-refractivity contribution in [2.45, 2.75) is 19.1 Å². The summed E-state index contributed by atoms with van der Waals surface area (Å²) in [4.78, 5) is 32.7. The van der Waals surface area contributed by atoms with Crippen molar-refractivity contribution in [2.24, 2.45) is 0 Å². The Kier molecular flexibility index (Phi) is 4.30. The number of amides is 2. The molecule has 0 saturated carbocycles. The number of hydrogen-bond acceptors (Lipinski definition) is 5. The molecule has 7 heteroatoms. The van der Waals surface area contributed by atoms with E-state index in [-0.39, 0.29) is 18.4 Å². The molecule has 0 radical (unpaired) electrons. The predicted octanol–water partition coefficient (Wildman–Crippen LogP) is 1.25. The van der Waals surface area contributed by atoms with E-state index in [9.17, 15) is 14.7 Å². The van der Waals surface area contributed by atoms with Gasteiger partial charge in [-0.25, -0.2) is 4.98 Å². The number of aromatic nitrogens is 1. The molecule has 1 aromatic carbocycles. The third-order valence-electron chi connectivity index (χ3n) is 4.75. The van der Waals surface area contributed by atoms with Gasteiger partial charge in [0.05, 0.1) is 30.4 Å². The van der Waals surface area contributed by atoms with Crippen LogP contribution in [0.2, 0.25) is 0 Å². The summed E-state index contributed by atoms with van der Waals surface area (Å²) in [5, 5.41) is 12.7. The van der Waals surface area contributed by atoms with Crippen LogP contribution in [0.3, 0.4) is 0 Å². The van der Waals surface area contributed by atoms with E-state index >= 15 is 0 Å².